The normalized spacial score (nSPS) is 19.3. The first kappa shape index (κ1) is 20.9. The molecule has 1 aliphatic rings. The van der Waals surface area contributed by atoms with Crippen molar-refractivity contribution in [1.82, 2.24) is 9.88 Å². The molecule has 3 nitrogen and oxygen atoms in total. The van der Waals surface area contributed by atoms with Crippen molar-refractivity contribution < 1.29 is 4.79 Å². The highest BCUT2D eigenvalue weighted by molar-refractivity contribution is 6.32. The van der Waals surface area contributed by atoms with Crippen molar-refractivity contribution in [2.45, 2.75) is 40.5 Å². The van der Waals surface area contributed by atoms with Crippen LogP contribution in [0.4, 0.5) is 0 Å². The van der Waals surface area contributed by atoms with Crippen LogP contribution in [0.2, 0.25) is 5.02 Å². The SMILES string of the molecule is CCc1ccc(-c2cc(C(=O)N3C[C@H](C)C[C@@H](C)C3)c3ccc(Cl)c(C)c3n2)cc1. The smallest absolute Gasteiger partial charge is 0.254 e. The van der Waals surface area contributed by atoms with Crippen LogP contribution in [0.5, 0.6) is 0 Å². The second-order valence-electron chi connectivity index (χ2n) is 8.83. The van der Waals surface area contributed by atoms with E-state index in [9.17, 15) is 4.79 Å². The fourth-order valence-corrected chi connectivity index (χ4v) is 4.79. The molecule has 4 rings (SSSR count). The summed E-state index contributed by atoms with van der Waals surface area (Å²) in [5, 5.41) is 1.55. The van der Waals surface area contributed by atoms with Gasteiger partial charge in [-0.15, -0.1) is 0 Å². The van der Waals surface area contributed by atoms with Crippen molar-refractivity contribution in [3.05, 3.63) is 64.2 Å². The summed E-state index contributed by atoms with van der Waals surface area (Å²) in [6, 6.07) is 14.2. The number of halogens is 1. The standard InChI is InChI=1S/C26H29ClN2O/c1-5-19-6-8-20(9-7-19)24-13-22(21-10-11-23(27)18(4)25(21)28-24)26(30)29-14-16(2)12-17(3)15-29/h6-11,13,16-17H,5,12,14-15H2,1-4H3/t16-,17-/m1/s1. The third-order valence-corrected chi connectivity index (χ3v) is 6.62. The highest BCUT2D eigenvalue weighted by Gasteiger charge is 2.28. The lowest BCUT2D eigenvalue weighted by molar-refractivity contribution is 0.0625. The van der Waals surface area contributed by atoms with Crippen molar-refractivity contribution >= 4 is 28.4 Å². The third-order valence-electron chi connectivity index (χ3n) is 6.21. The number of rotatable bonds is 3. The van der Waals surface area contributed by atoms with Crippen molar-refractivity contribution in [3.8, 4) is 11.3 Å². The number of likely N-dealkylation sites (tertiary alicyclic amines) is 1. The van der Waals surface area contributed by atoms with Gasteiger partial charge in [0.25, 0.3) is 5.91 Å². The van der Waals surface area contributed by atoms with Gasteiger partial charge in [0.2, 0.25) is 0 Å². The van der Waals surface area contributed by atoms with Crippen molar-refractivity contribution in [3.63, 3.8) is 0 Å². The van der Waals surface area contributed by atoms with E-state index in [-0.39, 0.29) is 5.91 Å². The number of piperidine rings is 1. The average molecular weight is 421 g/mol. The maximum Gasteiger partial charge on any atom is 0.254 e. The summed E-state index contributed by atoms with van der Waals surface area (Å²) in [5.41, 5.74) is 5.55. The Morgan fingerprint density at radius 3 is 2.40 bits per heavy atom. The Bertz CT molecular complexity index is 1080. The Balaban J connectivity index is 1.86. The van der Waals surface area contributed by atoms with Gasteiger partial charge in [-0.3, -0.25) is 4.79 Å². The molecule has 0 unspecified atom stereocenters. The van der Waals surface area contributed by atoms with Gasteiger partial charge in [-0.05, 0) is 54.9 Å². The first-order valence-electron chi connectivity index (χ1n) is 10.9. The zero-order chi connectivity index (χ0) is 21.4. The summed E-state index contributed by atoms with van der Waals surface area (Å²) in [5.74, 6) is 1.13. The minimum atomic E-state index is 0.0916. The molecular formula is C26H29ClN2O. The predicted molar refractivity (Wildman–Crippen MR) is 125 cm³/mol. The minimum Gasteiger partial charge on any atom is -0.338 e. The molecule has 3 aromatic rings. The molecule has 2 aromatic carbocycles. The maximum absolute atomic E-state index is 13.7. The van der Waals surface area contributed by atoms with E-state index in [1.807, 2.05) is 30.0 Å². The molecule has 1 amide bonds. The third kappa shape index (κ3) is 3.96. The maximum atomic E-state index is 13.7. The molecule has 156 valence electrons. The van der Waals surface area contributed by atoms with Gasteiger partial charge in [-0.2, -0.15) is 0 Å². The highest BCUT2D eigenvalue weighted by atomic mass is 35.5. The van der Waals surface area contributed by atoms with Crippen LogP contribution in [0.15, 0.2) is 42.5 Å². The van der Waals surface area contributed by atoms with Crippen LogP contribution in [-0.4, -0.2) is 28.9 Å². The quantitative estimate of drug-likeness (QED) is 0.481. The number of benzene rings is 2. The topological polar surface area (TPSA) is 33.2 Å². The number of amides is 1. The van der Waals surface area contributed by atoms with Gasteiger partial charge >= 0.3 is 0 Å². The molecule has 0 aliphatic carbocycles. The molecule has 1 aliphatic heterocycles. The van der Waals surface area contributed by atoms with Gasteiger partial charge in [-0.25, -0.2) is 4.98 Å². The summed E-state index contributed by atoms with van der Waals surface area (Å²) >= 11 is 6.41. The highest BCUT2D eigenvalue weighted by Crippen LogP contribution is 2.32. The monoisotopic (exact) mass is 420 g/mol. The second-order valence-corrected chi connectivity index (χ2v) is 9.24. The molecule has 30 heavy (non-hydrogen) atoms. The molecule has 2 atom stereocenters. The van der Waals surface area contributed by atoms with Crippen LogP contribution in [0, 0.1) is 18.8 Å². The molecule has 0 radical (unpaired) electrons. The first-order valence-corrected chi connectivity index (χ1v) is 11.2. The molecule has 1 fully saturated rings. The number of aromatic nitrogens is 1. The molecule has 0 bridgehead atoms. The summed E-state index contributed by atoms with van der Waals surface area (Å²) in [7, 11) is 0. The fraction of sp³-hybridized carbons (Fsp3) is 0.385. The lowest BCUT2D eigenvalue weighted by atomic mass is 9.91. The first-order chi connectivity index (χ1) is 14.4. The van der Waals surface area contributed by atoms with Crippen LogP contribution in [0.1, 0.15) is 48.7 Å². The summed E-state index contributed by atoms with van der Waals surface area (Å²) < 4.78 is 0. The summed E-state index contributed by atoms with van der Waals surface area (Å²) in [6.45, 7) is 10.2. The van der Waals surface area contributed by atoms with E-state index in [0.29, 0.717) is 16.9 Å². The van der Waals surface area contributed by atoms with E-state index in [2.05, 4.69) is 45.0 Å². The second kappa shape index (κ2) is 8.39. The molecule has 2 heterocycles. The predicted octanol–water partition coefficient (Wildman–Crippen LogP) is 6.54. The lowest BCUT2D eigenvalue weighted by Crippen LogP contribution is -2.42. The Kier molecular flexibility index (Phi) is 5.84. The Labute approximate surface area is 184 Å². The number of nitrogens with zero attached hydrogens (tertiary/aromatic N) is 2. The zero-order valence-electron chi connectivity index (χ0n) is 18.2. The van der Waals surface area contributed by atoms with Crippen molar-refractivity contribution in [2.75, 3.05) is 13.1 Å². The van der Waals surface area contributed by atoms with Gasteiger partial charge in [0.05, 0.1) is 16.8 Å². The summed E-state index contributed by atoms with van der Waals surface area (Å²) in [4.78, 5) is 20.6. The number of pyridine rings is 1. The number of aryl methyl sites for hydroxylation is 2. The molecule has 1 aromatic heterocycles. The van der Waals surface area contributed by atoms with E-state index in [1.165, 1.54) is 12.0 Å². The Morgan fingerprint density at radius 2 is 1.77 bits per heavy atom. The molecular weight excluding hydrogens is 392 g/mol. The van der Waals surface area contributed by atoms with Crippen LogP contribution >= 0.6 is 11.6 Å². The zero-order valence-corrected chi connectivity index (χ0v) is 19.0. The average Bonchev–Trinajstić information content (AvgIpc) is 2.74. The van der Waals surface area contributed by atoms with Crippen LogP contribution in [0.25, 0.3) is 22.2 Å². The number of carbonyl (C=O) groups excluding carboxylic acids is 1. The van der Waals surface area contributed by atoms with E-state index in [4.69, 9.17) is 16.6 Å². The van der Waals surface area contributed by atoms with E-state index in [1.54, 1.807) is 0 Å². The van der Waals surface area contributed by atoms with E-state index >= 15 is 0 Å². The number of hydrogen-bond donors (Lipinski definition) is 0. The molecule has 1 saturated heterocycles. The van der Waals surface area contributed by atoms with E-state index < -0.39 is 0 Å². The van der Waals surface area contributed by atoms with Crippen molar-refractivity contribution in [2.24, 2.45) is 11.8 Å². The van der Waals surface area contributed by atoms with Crippen LogP contribution in [-0.2, 0) is 6.42 Å². The molecule has 0 N–H and O–H groups in total. The minimum absolute atomic E-state index is 0.0916. The number of hydrogen-bond acceptors (Lipinski definition) is 2. The Hall–Kier alpha value is -2.39. The van der Waals surface area contributed by atoms with Gasteiger partial charge < -0.3 is 4.90 Å². The molecule has 0 saturated carbocycles. The summed E-state index contributed by atoms with van der Waals surface area (Å²) in [6.07, 6.45) is 2.17. The fourth-order valence-electron chi connectivity index (χ4n) is 4.64. The largest absolute Gasteiger partial charge is 0.338 e. The van der Waals surface area contributed by atoms with Gasteiger partial charge in [0, 0.05) is 29.1 Å². The van der Waals surface area contributed by atoms with Crippen molar-refractivity contribution in [1.29, 1.82) is 0 Å². The Morgan fingerprint density at radius 1 is 1.10 bits per heavy atom. The van der Waals surface area contributed by atoms with Gasteiger partial charge in [0.15, 0.2) is 0 Å². The van der Waals surface area contributed by atoms with E-state index in [0.717, 1.165) is 52.8 Å². The number of carbonyl (C=O) groups is 1. The number of fused-ring (bicyclic) bond motifs is 1. The molecule has 0 spiro atoms. The molecule has 4 heteroatoms. The van der Waals surface area contributed by atoms with Gasteiger partial charge in [0.1, 0.15) is 0 Å². The van der Waals surface area contributed by atoms with Crippen LogP contribution < -0.4 is 0 Å². The van der Waals surface area contributed by atoms with Crippen LogP contribution in [0.3, 0.4) is 0 Å². The lowest BCUT2D eigenvalue weighted by Gasteiger charge is -2.35. The van der Waals surface area contributed by atoms with Gasteiger partial charge in [-0.1, -0.05) is 62.7 Å².